The van der Waals surface area contributed by atoms with Gasteiger partial charge in [-0.1, -0.05) is 29.5 Å². The lowest BCUT2D eigenvalue weighted by atomic mass is 10.1. The number of anilines is 1. The highest BCUT2D eigenvalue weighted by Gasteiger charge is 2.21. The van der Waals surface area contributed by atoms with Gasteiger partial charge in [-0.2, -0.15) is 0 Å². The lowest BCUT2D eigenvalue weighted by Gasteiger charge is -2.25. The molecule has 1 saturated heterocycles. The van der Waals surface area contributed by atoms with Crippen LogP contribution in [0.1, 0.15) is 29.3 Å². The first-order valence-corrected chi connectivity index (χ1v) is 12.7. The molecule has 0 unspecified atom stereocenters. The van der Waals surface area contributed by atoms with Crippen molar-refractivity contribution in [2.75, 3.05) is 31.6 Å². The van der Waals surface area contributed by atoms with Crippen LogP contribution in [0.2, 0.25) is 0 Å². The molecule has 4 aromatic rings. The molecule has 1 aliphatic carbocycles. The van der Waals surface area contributed by atoms with E-state index in [0.29, 0.717) is 29.2 Å². The minimum Gasteiger partial charge on any atom is -0.380 e. The van der Waals surface area contributed by atoms with E-state index in [2.05, 4.69) is 56.7 Å². The predicted molar refractivity (Wildman–Crippen MR) is 138 cm³/mol. The van der Waals surface area contributed by atoms with Gasteiger partial charge in [0.15, 0.2) is 5.43 Å². The zero-order chi connectivity index (χ0) is 24.5. The topological polar surface area (TPSA) is 90.1 Å². The number of fused-ring (bicyclic) bond motifs is 2. The van der Waals surface area contributed by atoms with Crippen LogP contribution in [0.3, 0.4) is 0 Å². The van der Waals surface area contributed by atoms with E-state index in [9.17, 15) is 4.79 Å². The predicted octanol–water partition coefficient (Wildman–Crippen LogP) is 2.47. The first kappa shape index (κ1) is 22.9. The van der Waals surface area contributed by atoms with Crippen LogP contribution in [-0.2, 0) is 37.2 Å². The smallest absolute Gasteiger partial charge is 0.196 e. The summed E-state index contributed by atoms with van der Waals surface area (Å²) in [5, 5.41) is 12.9. The number of morpholine rings is 1. The van der Waals surface area contributed by atoms with Gasteiger partial charge < -0.3 is 14.6 Å². The number of benzene rings is 1. The van der Waals surface area contributed by atoms with Gasteiger partial charge in [0.05, 0.1) is 48.9 Å². The highest BCUT2D eigenvalue weighted by atomic mass is 16.5. The average Bonchev–Trinajstić information content (AvgIpc) is 3.52. The van der Waals surface area contributed by atoms with Crippen LogP contribution in [0.25, 0.3) is 11.0 Å². The summed E-state index contributed by atoms with van der Waals surface area (Å²) in [6, 6.07) is 10.8. The van der Waals surface area contributed by atoms with Crippen LogP contribution < -0.4 is 10.7 Å². The van der Waals surface area contributed by atoms with Crippen molar-refractivity contribution >= 4 is 16.7 Å². The molecule has 0 saturated carbocycles. The van der Waals surface area contributed by atoms with E-state index in [1.165, 1.54) is 11.1 Å². The third-order valence-corrected chi connectivity index (χ3v) is 7.16. The van der Waals surface area contributed by atoms with Gasteiger partial charge in [0.1, 0.15) is 5.65 Å². The van der Waals surface area contributed by atoms with E-state index < -0.39 is 0 Å². The van der Waals surface area contributed by atoms with Crippen LogP contribution in [0, 0.1) is 0 Å². The Morgan fingerprint density at radius 3 is 2.61 bits per heavy atom. The maximum atomic E-state index is 13.5. The Morgan fingerprint density at radius 2 is 1.86 bits per heavy atom. The second-order valence-corrected chi connectivity index (χ2v) is 9.68. The SMILES string of the molecule is CCn1cc(Cn2cc(CN3CCOCC3)nn2)c(=O)c2cc(NC3Cc4ccccc4C3)cnc21. The zero-order valence-corrected chi connectivity index (χ0v) is 20.6. The normalized spacial score (nSPS) is 16.5. The van der Waals surface area contributed by atoms with E-state index in [-0.39, 0.29) is 5.43 Å². The number of nitrogens with one attached hydrogen (secondary N) is 1. The summed E-state index contributed by atoms with van der Waals surface area (Å²) in [4.78, 5) is 20.5. The number of aryl methyl sites for hydroxylation is 1. The summed E-state index contributed by atoms with van der Waals surface area (Å²) in [7, 11) is 0. The summed E-state index contributed by atoms with van der Waals surface area (Å²) in [6.07, 6.45) is 7.63. The van der Waals surface area contributed by atoms with Crippen molar-refractivity contribution in [2.24, 2.45) is 0 Å². The molecule has 0 bridgehead atoms. The van der Waals surface area contributed by atoms with Gasteiger partial charge in [-0.05, 0) is 37.0 Å². The molecule has 3 aromatic heterocycles. The maximum absolute atomic E-state index is 13.5. The van der Waals surface area contributed by atoms with Gasteiger partial charge in [0.25, 0.3) is 0 Å². The maximum Gasteiger partial charge on any atom is 0.196 e. The van der Waals surface area contributed by atoms with Crippen LogP contribution in [0.4, 0.5) is 5.69 Å². The monoisotopic (exact) mass is 485 g/mol. The molecule has 1 aromatic carbocycles. The molecule has 6 rings (SSSR count). The molecule has 4 heterocycles. The number of hydrogen-bond acceptors (Lipinski definition) is 7. The Labute approximate surface area is 209 Å². The van der Waals surface area contributed by atoms with Crippen molar-refractivity contribution in [1.29, 1.82) is 0 Å². The number of aromatic nitrogens is 5. The number of rotatable bonds is 7. The van der Waals surface area contributed by atoms with Gasteiger partial charge in [0.2, 0.25) is 0 Å². The molecule has 2 aliphatic rings. The van der Waals surface area contributed by atoms with E-state index in [4.69, 9.17) is 4.74 Å². The van der Waals surface area contributed by atoms with Crippen molar-refractivity contribution in [3.63, 3.8) is 0 Å². The molecule has 9 nitrogen and oxygen atoms in total. The van der Waals surface area contributed by atoms with Gasteiger partial charge >= 0.3 is 0 Å². The molecular formula is C27H31N7O2. The fourth-order valence-corrected chi connectivity index (χ4v) is 5.31. The van der Waals surface area contributed by atoms with Gasteiger partial charge in [-0.25, -0.2) is 9.67 Å². The molecule has 1 aliphatic heterocycles. The highest BCUT2D eigenvalue weighted by molar-refractivity contribution is 5.79. The molecule has 0 radical (unpaired) electrons. The minimum absolute atomic E-state index is 0.00853. The molecule has 9 heteroatoms. The Morgan fingerprint density at radius 1 is 1.08 bits per heavy atom. The highest BCUT2D eigenvalue weighted by Crippen LogP contribution is 2.25. The quantitative estimate of drug-likeness (QED) is 0.430. The number of hydrogen-bond donors (Lipinski definition) is 1. The summed E-state index contributed by atoms with van der Waals surface area (Å²) < 4.78 is 9.21. The first-order chi connectivity index (χ1) is 17.7. The van der Waals surface area contributed by atoms with E-state index >= 15 is 0 Å². The van der Waals surface area contributed by atoms with Gasteiger partial charge in [-0.3, -0.25) is 9.69 Å². The van der Waals surface area contributed by atoms with E-state index in [1.54, 1.807) is 4.68 Å². The standard InChI is InChI=1S/C27H31N7O2/c1-2-33-15-21(16-34-18-24(30-31-34)17-32-7-9-36-10-8-32)26(35)25-13-23(14-28-27(25)33)29-22-11-19-5-3-4-6-20(19)12-22/h3-6,13-15,18,22,29H,2,7-12,16-17H2,1H3. The van der Waals surface area contributed by atoms with E-state index in [0.717, 1.165) is 63.6 Å². The number of ether oxygens (including phenoxy) is 1. The molecule has 1 fully saturated rings. The van der Waals surface area contributed by atoms with Crippen LogP contribution in [0.5, 0.6) is 0 Å². The lowest BCUT2D eigenvalue weighted by Crippen LogP contribution is -2.35. The second-order valence-electron chi connectivity index (χ2n) is 9.68. The minimum atomic E-state index is -0.00853. The third-order valence-electron chi connectivity index (χ3n) is 7.16. The fraction of sp³-hybridized carbons (Fsp3) is 0.407. The van der Waals surface area contributed by atoms with Gasteiger partial charge in [0, 0.05) is 44.0 Å². The zero-order valence-electron chi connectivity index (χ0n) is 20.6. The average molecular weight is 486 g/mol. The molecule has 0 amide bonds. The van der Waals surface area contributed by atoms with Crippen molar-refractivity contribution in [1.82, 2.24) is 29.4 Å². The summed E-state index contributed by atoms with van der Waals surface area (Å²) in [5.74, 6) is 0. The molecule has 186 valence electrons. The second kappa shape index (κ2) is 9.83. The lowest BCUT2D eigenvalue weighted by molar-refractivity contribution is 0.0336. The Hall–Kier alpha value is -3.56. The van der Waals surface area contributed by atoms with Crippen molar-refractivity contribution in [2.45, 2.75) is 45.4 Å². The summed E-state index contributed by atoms with van der Waals surface area (Å²) >= 11 is 0. The summed E-state index contributed by atoms with van der Waals surface area (Å²) in [6.45, 7) is 7.20. The molecule has 0 atom stereocenters. The third kappa shape index (κ3) is 4.64. The van der Waals surface area contributed by atoms with Gasteiger partial charge in [-0.15, -0.1) is 5.10 Å². The number of nitrogens with zero attached hydrogens (tertiary/aromatic N) is 6. The van der Waals surface area contributed by atoms with Crippen LogP contribution in [0.15, 0.2) is 53.7 Å². The van der Waals surface area contributed by atoms with E-state index in [1.807, 2.05) is 29.2 Å². The largest absolute Gasteiger partial charge is 0.380 e. The Bertz CT molecular complexity index is 1410. The Balaban J connectivity index is 1.23. The van der Waals surface area contributed by atoms with Crippen molar-refractivity contribution in [3.8, 4) is 0 Å². The summed E-state index contributed by atoms with van der Waals surface area (Å²) in [5.41, 5.74) is 5.94. The van der Waals surface area contributed by atoms with Crippen LogP contribution in [-0.4, -0.2) is 61.8 Å². The van der Waals surface area contributed by atoms with Crippen LogP contribution >= 0.6 is 0 Å². The number of pyridine rings is 2. The first-order valence-electron chi connectivity index (χ1n) is 12.7. The Kier molecular flexibility index (Phi) is 6.25. The van der Waals surface area contributed by atoms with Crippen molar-refractivity contribution < 1.29 is 4.74 Å². The van der Waals surface area contributed by atoms with Crippen molar-refractivity contribution in [3.05, 3.63) is 81.5 Å². The molecule has 36 heavy (non-hydrogen) atoms. The molecule has 1 N–H and O–H groups in total. The molecular weight excluding hydrogens is 454 g/mol. The fourth-order valence-electron chi connectivity index (χ4n) is 5.31. The molecule has 0 spiro atoms.